The predicted octanol–water partition coefficient (Wildman–Crippen LogP) is 3.92. The van der Waals surface area contributed by atoms with E-state index >= 15 is 0 Å². The van der Waals surface area contributed by atoms with Gasteiger partial charge in [0.2, 0.25) is 0 Å². The number of carbonyl (C=O) groups is 1. The van der Waals surface area contributed by atoms with Crippen LogP contribution in [0.15, 0.2) is 36.5 Å². The van der Waals surface area contributed by atoms with Crippen LogP contribution in [0, 0.1) is 0 Å². The van der Waals surface area contributed by atoms with E-state index in [1.807, 2.05) is 45.0 Å². The second-order valence-electron chi connectivity index (χ2n) is 7.96. The lowest BCUT2D eigenvalue weighted by Gasteiger charge is -2.30. The predicted molar refractivity (Wildman–Crippen MR) is 109 cm³/mol. The van der Waals surface area contributed by atoms with Crippen molar-refractivity contribution in [3.05, 3.63) is 42.1 Å². The number of rotatable bonds is 1. The molecule has 1 amide bonds. The van der Waals surface area contributed by atoms with Crippen molar-refractivity contribution in [3.63, 3.8) is 0 Å². The van der Waals surface area contributed by atoms with Crippen LogP contribution in [0.3, 0.4) is 0 Å². The highest BCUT2D eigenvalue weighted by atomic mass is 16.6. The van der Waals surface area contributed by atoms with E-state index in [0.717, 1.165) is 48.9 Å². The molecule has 7 heteroatoms. The SMILES string of the molecule is CC(C)(C)OC(=O)N1c2ccc(N3CCOCC3)cc2NCc2cccnc21. The van der Waals surface area contributed by atoms with Gasteiger partial charge in [-0.15, -0.1) is 0 Å². The minimum absolute atomic E-state index is 0.434. The molecule has 2 aliphatic heterocycles. The van der Waals surface area contributed by atoms with Gasteiger partial charge < -0.3 is 19.7 Å². The fraction of sp³-hybridized carbons (Fsp3) is 0.429. The number of hydrogen-bond donors (Lipinski definition) is 1. The molecule has 2 aliphatic rings. The molecular weight excluding hydrogens is 356 g/mol. The minimum atomic E-state index is -0.598. The molecule has 0 bridgehead atoms. The van der Waals surface area contributed by atoms with Crippen LogP contribution < -0.4 is 15.1 Å². The molecule has 2 aromatic rings. The average Bonchev–Trinajstić information content (AvgIpc) is 2.83. The molecule has 1 fully saturated rings. The highest BCUT2D eigenvalue weighted by Crippen LogP contribution is 2.39. The van der Waals surface area contributed by atoms with Crippen LogP contribution >= 0.6 is 0 Å². The van der Waals surface area contributed by atoms with E-state index in [2.05, 4.69) is 21.3 Å². The lowest BCUT2D eigenvalue weighted by atomic mass is 10.2. The molecule has 0 aliphatic carbocycles. The van der Waals surface area contributed by atoms with Crippen LogP contribution in [0.25, 0.3) is 0 Å². The third-order valence-electron chi connectivity index (χ3n) is 4.72. The maximum atomic E-state index is 13.1. The third-order valence-corrected chi connectivity index (χ3v) is 4.72. The van der Waals surface area contributed by atoms with Crippen molar-refractivity contribution in [2.75, 3.05) is 41.4 Å². The first-order valence-electron chi connectivity index (χ1n) is 9.60. The topological polar surface area (TPSA) is 66.9 Å². The van der Waals surface area contributed by atoms with Gasteiger partial charge in [-0.2, -0.15) is 0 Å². The van der Waals surface area contributed by atoms with E-state index in [-0.39, 0.29) is 0 Å². The zero-order valence-corrected chi connectivity index (χ0v) is 16.6. The molecule has 1 N–H and O–H groups in total. The molecule has 1 aromatic heterocycles. The number of morpholine rings is 1. The van der Waals surface area contributed by atoms with E-state index in [1.165, 1.54) is 0 Å². The van der Waals surface area contributed by atoms with E-state index in [1.54, 1.807) is 11.1 Å². The van der Waals surface area contributed by atoms with Crippen molar-refractivity contribution < 1.29 is 14.3 Å². The second kappa shape index (κ2) is 7.31. The molecule has 28 heavy (non-hydrogen) atoms. The van der Waals surface area contributed by atoms with E-state index in [9.17, 15) is 4.79 Å². The molecule has 1 saturated heterocycles. The average molecular weight is 382 g/mol. The summed E-state index contributed by atoms with van der Waals surface area (Å²) < 4.78 is 11.1. The first-order chi connectivity index (χ1) is 13.4. The van der Waals surface area contributed by atoms with E-state index < -0.39 is 11.7 Å². The van der Waals surface area contributed by atoms with Gasteiger partial charge in [-0.25, -0.2) is 14.7 Å². The number of hydrogen-bond acceptors (Lipinski definition) is 6. The summed E-state index contributed by atoms with van der Waals surface area (Å²) in [6, 6.07) is 9.94. The number of aromatic nitrogens is 1. The van der Waals surface area contributed by atoms with E-state index in [0.29, 0.717) is 12.4 Å². The molecule has 148 valence electrons. The Morgan fingerprint density at radius 1 is 1.21 bits per heavy atom. The number of nitrogens with one attached hydrogen (secondary N) is 1. The molecule has 0 spiro atoms. The molecule has 0 radical (unpaired) electrons. The zero-order valence-electron chi connectivity index (χ0n) is 16.6. The number of fused-ring (bicyclic) bond motifs is 2. The van der Waals surface area contributed by atoms with Crippen LogP contribution in [0.1, 0.15) is 26.3 Å². The number of carbonyl (C=O) groups excluding carboxylic acids is 1. The molecule has 0 saturated carbocycles. The maximum Gasteiger partial charge on any atom is 0.420 e. The summed E-state index contributed by atoms with van der Waals surface area (Å²) in [5, 5.41) is 3.46. The van der Waals surface area contributed by atoms with Crippen LogP contribution in [0.5, 0.6) is 0 Å². The summed E-state index contributed by atoms with van der Waals surface area (Å²) >= 11 is 0. The van der Waals surface area contributed by atoms with Gasteiger partial charge in [0.15, 0.2) is 0 Å². The Morgan fingerprint density at radius 2 is 2.00 bits per heavy atom. The summed E-state index contributed by atoms with van der Waals surface area (Å²) in [7, 11) is 0. The number of amides is 1. The summed E-state index contributed by atoms with van der Waals surface area (Å²) in [5.41, 5.74) is 3.08. The summed E-state index contributed by atoms with van der Waals surface area (Å²) in [6.45, 7) is 9.34. The number of pyridine rings is 1. The fourth-order valence-corrected chi connectivity index (χ4v) is 3.45. The van der Waals surface area contributed by atoms with Crippen LogP contribution in [0.4, 0.5) is 27.7 Å². The lowest BCUT2D eigenvalue weighted by Crippen LogP contribution is -2.36. The van der Waals surface area contributed by atoms with Gasteiger partial charge in [0.05, 0.1) is 24.6 Å². The minimum Gasteiger partial charge on any atom is -0.443 e. The standard InChI is InChI=1S/C21H26N4O3/c1-21(2,3)28-20(26)25-18-7-6-16(24-9-11-27-12-10-24)13-17(18)23-14-15-5-4-8-22-19(15)25/h4-8,13,23H,9-12,14H2,1-3H3. The van der Waals surface area contributed by atoms with Gasteiger partial charge >= 0.3 is 6.09 Å². The normalized spacial score (nSPS) is 16.5. The number of ether oxygens (including phenoxy) is 2. The Hall–Kier alpha value is -2.80. The Kier molecular flexibility index (Phi) is 4.85. The summed E-state index contributed by atoms with van der Waals surface area (Å²) in [4.78, 5) is 21.4. The van der Waals surface area contributed by atoms with Gasteiger partial charge in [0.25, 0.3) is 0 Å². The number of nitrogens with zero attached hydrogens (tertiary/aromatic N) is 3. The smallest absolute Gasteiger partial charge is 0.420 e. The molecular formula is C21H26N4O3. The van der Waals surface area contributed by atoms with Gasteiger partial charge in [-0.05, 0) is 45.0 Å². The fourth-order valence-electron chi connectivity index (χ4n) is 3.45. The third kappa shape index (κ3) is 3.75. The van der Waals surface area contributed by atoms with Crippen LogP contribution in [0.2, 0.25) is 0 Å². The van der Waals surface area contributed by atoms with Gasteiger partial charge in [-0.3, -0.25) is 0 Å². The van der Waals surface area contributed by atoms with Crippen molar-refractivity contribution in [3.8, 4) is 0 Å². The molecule has 0 unspecified atom stereocenters. The Balaban J connectivity index is 1.75. The summed E-state index contributed by atoms with van der Waals surface area (Å²) in [6.07, 6.45) is 1.26. The van der Waals surface area contributed by atoms with Gasteiger partial charge in [0.1, 0.15) is 11.4 Å². The summed E-state index contributed by atoms with van der Waals surface area (Å²) in [5.74, 6) is 0.599. The largest absolute Gasteiger partial charge is 0.443 e. The monoisotopic (exact) mass is 382 g/mol. The first-order valence-corrected chi connectivity index (χ1v) is 9.60. The molecule has 3 heterocycles. The van der Waals surface area contributed by atoms with Crippen molar-refractivity contribution in [1.82, 2.24) is 4.98 Å². The van der Waals surface area contributed by atoms with Gasteiger partial charge in [0, 0.05) is 37.1 Å². The number of benzene rings is 1. The Bertz CT molecular complexity index is 872. The van der Waals surface area contributed by atoms with Crippen molar-refractivity contribution in [1.29, 1.82) is 0 Å². The van der Waals surface area contributed by atoms with E-state index in [4.69, 9.17) is 9.47 Å². The molecule has 1 aromatic carbocycles. The van der Waals surface area contributed by atoms with Crippen molar-refractivity contribution >= 4 is 29.0 Å². The quantitative estimate of drug-likeness (QED) is 0.806. The first kappa shape index (κ1) is 18.6. The molecule has 7 nitrogen and oxygen atoms in total. The lowest BCUT2D eigenvalue weighted by molar-refractivity contribution is 0.0598. The molecule has 4 rings (SSSR count). The van der Waals surface area contributed by atoms with Crippen LogP contribution in [-0.2, 0) is 16.0 Å². The zero-order chi connectivity index (χ0) is 19.7. The Morgan fingerprint density at radius 3 is 2.75 bits per heavy atom. The van der Waals surface area contributed by atoms with Crippen molar-refractivity contribution in [2.24, 2.45) is 0 Å². The Labute approximate surface area is 165 Å². The maximum absolute atomic E-state index is 13.1. The molecule has 0 atom stereocenters. The number of anilines is 4. The highest BCUT2D eigenvalue weighted by Gasteiger charge is 2.31. The van der Waals surface area contributed by atoms with Crippen LogP contribution in [-0.4, -0.2) is 43.0 Å². The highest BCUT2D eigenvalue weighted by molar-refractivity contribution is 6.00. The van der Waals surface area contributed by atoms with Gasteiger partial charge in [-0.1, -0.05) is 6.07 Å². The van der Waals surface area contributed by atoms with Crippen molar-refractivity contribution in [2.45, 2.75) is 32.9 Å². The second-order valence-corrected chi connectivity index (χ2v) is 7.96.